The summed E-state index contributed by atoms with van der Waals surface area (Å²) < 4.78 is 0. The number of aromatic nitrogens is 1. The van der Waals surface area contributed by atoms with E-state index in [9.17, 15) is 0 Å². The molecule has 2 nitrogen and oxygen atoms in total. The molecule has 2 aromatic heterocycles. The van der Waals surface area contributed by atoms with Crippen molar-refractivity contribution in [2.24, 2.45) is 0 Å². The molecule has 0 aliphatic rings. The summed E-state index contributed by atoms with van der Waals surface area (Å²) in [5, 5.41) is 5.90. The van der Waals surface area contributed by atoms with Crippen LogP contribution < -0.4 is 5.32 Å². The highest BCUT2D eigenvalue weighted by Gasteiger charge is 2.17. The Morgan fingerprint density at radius 2 is 2.22 bits per heavy atom. The molecule has 0 aliphatic carbocycles. The summed E-state index contributed by atoms with van der Waals surface area (Å²) in [6.07, 6.45) is 2.38. The van der Waals surface area contributed by atoms with E-state index in [0.29, 0.717) is 12.1 Å². The summed E-state index contributed by atoms with van der Waals surface area (Å²) in [6.45, 7) is 6.56. The van der Waals surface area contributed by atoms with Crippen molar-refractivity contribution in [2.75, 3.05) is 0 Å². The molecule has 0 saturated heterocycles. The van der Waals surface area contributed by atoms with Crippen molar-refractivity contribution in [3.63, 3.8) is 0 Å². The van der Waals surface area contributed by atoms with Crippen molar-refractivity contribution in [1.29, 1.82) is 0 Å². The van der Waals surface area contributed by atoms with Gasteiger partial charge < -0.3 is 5.32 Å². The van der Waals surface area contributed by atoms with Gasteiger partial charge in [-0.3, -0.25) is 0 Å². The molecule has 0 spiro atoms. The Bertz CT molecular complexity index is 462. The SMILES string of the molecule is CCCC(NC(C)c1scnc1C)c1cccs1. The second kappa shape index (κ2) is 6.45. The minimum atomic E-state index is 0.371. The van der Waals surface area contributed by atoms with E-state index in [2.05, 4.69) is 48.6 Å². The molecule has 98 valence electrons. The fourth-order valence-electron chi connectivity index (χ4n) is 2.19. The van der Waals surface area contributed by atoms with Crippen LogP contribution in [0.1, 0.15) is 54.2 Å². The number of hydrogen-bond acceptors (Lipinski definition) is 4. The van der Waals surface area contributed by atoms with Gasteiger partial charge in [0, 0.05) is 21.8 Å². The molecular weight excluding hydrogens is 260 g/mol. The van der Waals surface area contributed by atoms with Crippen LogP contribution in [-0.4, -0.2) is 4.98 Å². The normalized spacial score (nSPS) is 14.6. The van der Waals surface area contributed by atoms with Crippen LogP contribution in [0.3, 0.4) is 0 Å². The predicted molar refractivity (Wildman–Crippen MR) is 80.4 cm³/mol. The van der Waals surface area contributed by atoms with Crippen LogP contribution >= 0.6 is 22.7 Å². The largest absolute Gasteiger partial charge is 0.302 e. The first-order valence-electron chi connectivity index (χ1n) is 6.41. The first kappa shape index (κ1) is 13.7. The minimum Gasteiger partial charge on any atom is -0.302 e. The van der Waals surface area contributed by atoms with Crippen molar-refractivity contribution in [3.8, 4) is 0 Å². The number of thiophene rings is 1. The van der Waals surface area contributed by atoms with E-state index in [1.165, 1.54) is 22.6 Å². The van der Waals surface area contributed by atoms with Gasteiger partial charge in [0.2, 0.25) is 0 Å². The summed E-state index contributed by atoms with van der Waals surface area (Å²) in [7, 11) is 0. The summed E-state index contributed by atoms with van der Waals surface area (Å²) in [4.78, 5) is 7.13. The van der Waals surface area contributed by atoms with Crippen molar-refractivity contribution in [2.45, 2.75) is 45.7 Å². The topological polar surface area (TPSA) is 24.9 Å². The van der Waals surface area contributed by atoms with Gasteiger partial charge in [0.1, 0.15) is 0 Å². The van der Waals surface area contributed by atoms with Gasteiger partial charge in [-0.15, -0.1) is 22.7 Å². The quantitative estimate of drug-likeness (QED) is 0.829. The van der Waals surface area contributed by atoms with E-state index in [4.69, 9.17) is 0 Å². The number of hydrogen-bond donors (Lipinski definition) is 1. The highest BCUT2D eigenvalue weighted by Crippen LogP contribution is 2.28. The molecule has 0 saturated carbocycles. The summed E-state index contributed by atoms with van der Waals surface area (Å²) in [5.74, 6) is 0. The maximum absolute atomic E-state index is 4.33. The van der Waals surface area contributed by atoms with Crippen LogP contribution in [0, 0.1) is 6.92 Å². The molecule has 2 aromatic rings. The van der Waals surface area contributed by atoms with Crippen molar-refractivity contribution in [1.82, 2.24) is 10.3 Å². The zero-order chi connectivity index (χ0) is 13.0. The van der Waals surface area contributed by atoms with E-state index in [0.717, 1.165) is 5.69 Å². The van der Waals surface area contributed by atoms with Crippen molar-refractivity contribution in [3.05, 3.63) is 38.5 Å². The monoisotopic (exact) mass is 280 g/mol. The maximum atomic E-state index is 4.33. The van der Waals surface area contributed by atoms with Crippen LogP contribution in [-0.2, 0) is 0 Å². The van der Waals surface area contributed by atoms with Gasteiger partial charge in [0.15, 0.2) is 0 Å². The zero-order valence-electron chi connectivity index (χ0n) is 11.1. The Morgan fingerprint density at radius 1 is 1.39 bits per heavy atom. The predicted octanol–water partition coefficient (Wildman–Crippen LogP) is 4.71. The number of thiazole rings is 1. The first-order valence-corrected chi connectivity index (χ1v) is 8.17. The Labute approximate surface area is 117 Å². The van der Waals surface area contributed by atoms with Crippen molar-refractivity contribution < 1.29 is 0 Å². The molecule has 0 aliphatic heterocycles. The zero-order valence-corrected chi connectivity index (χ0v) is 12.8. The lowest BCUT2D eigenvalue weighted by molar-refractivity contribution is 0.447. The Hall–Kier alpha value is -0.710. The lowest BCUT2D eigenvalue weighted by atomic mass is 10.1. The minimum absolute atomic E-state index is 0.371. The molecule has 18 heavy (non-hydrogen) atoms. The van der Waals surface area contributed by atoms with E-state index < -0.39 is 0 Å². The highest BCUT2D eigenvalue weighted by atomic mass is 32.1. The maximum Gasteiger partial charge on any atom is 0.0798 e. The van der Waals surface area contributed by atoms with E-state index >= 15 is 0 Å². The molecule has 0 radical (unpaired) electrons. The van der Waals surface area contributed by atoms with Crippen LogP contribution in [0.2, 0.25) is 0 Å². The van der Waals surface area contributed by atoms with Gasteiger partial charge >= 0.3 is 0 Å². The van der Waals surface area contributed by atoms with Crippen LogP contribution in [0.15, 0.2) is 23.0 Å². The average Bonchev–Trinajstić information content (AvgIpc) is 2.98. The number of nitrogens with one attached hydrogen (secondary N) is 1. The third-order valence-corrected chi connectivity index (χ3v) is 5.19. The fraction of sp³-hybridized carbons (Fsp3) is 0.500. The molecule has 1 N–H and O–H groups in total. The Kier molecular flexibility index (Phi) is 4.92. The molecule has 2 rings (SSSR count). The summed E-state index contributed by atoms with van der Waals surface area (Å²) in [5.41, 5.74) is 3.09. The molecular formula is C14H20N2S2. The molecule has 0 fully saturated rings. The van der Waals surface area contributed by atoms with Gasteiger partial charge in [-0.25, -0.2) is 4.98 Å². The van der Waals surface area contributed by atoms with Gasteiger partial charge in [-0.05, 0) is 31.7 Å². The lowest BCUT2D eigenvalue weighted by Crippen LogP contribution is -2.23. The molecule has 0 amide bonds. The standard InChI is InChI=1S/C14H20N2S2/c1-4-6-12(13-7-5-8-17-13)16-11(3)14-10(2)15-9-18-14/h5,7-9,11-12,16H,4,6H2,1-3H3. The average molecular weight is 280 g/mol. The molecule has 2 heterocycles. The third-order valence-electron chi connectivity index (χ3n) is 3.09. The van der Waals surface area contributed by atoms with Gasteiger partial charge in [-0.1, -0.05) is 19.4 Å². The summed E-state index contributed by atoms with van der Waals surface area (Å²) in [6, 6.07) is 5.19. The van der Waals surface area contributed by atoms with Gasteiger partial charge in [-0.2, -0.15) is 0 Å². The number of nitrogens with zero attached hydrogens (tertiary/aromatic N) is 1. The molecule has 0 bridgehead atoms. The second-order valence-electron chi connectivity index (χ2n) is 4.55. The van der Waals surface area contributed by atoms with E-state index in [1.54, 1.807) is 11.3 Å². The van der Waals surface area contributed by atoms with E-state index in [1.807, 2.05) is 16.8 Å². The summed E-state index contributed by atoms with van der Waals surface area (Å²) >= 11 is 3.58. The molecule has 2 unspecified atom stereocenters. The fourth-order valence-corrected chi connectivity index (χ4v) is 3.83. The van der Waals surface area contributed by atoms with Crippen molar-refractivity contribution >= 4 is 22.7 Å². The lowest BCUT2D eigenvalue weighted by Gasteiger charge is -2.21. The Balaban J connectivity index is 2.07. The third kappa shape index (κ3) is 3.19. The molecule has 0 aromatic carbocycles. The van der Waals surface area contributed by atoms with Gasteiger partial charge in [0.05, 0.1) is 11.2 Å². The van der Waals surface area contributed by atoms with Crippen LogP contribution in [0.4, 0.5) is 0 Å². The molecule has 4 heteroatoms. The van der Waals surface area contributed by atoms with Crippen LogP contribution in [0.5, 0.6) is 0 Å². The second-order valence-corrected chi connectivity index (χ2v) is 6.41. The smallest absolute Gasteiger partial charge is 0.0798 e. The van der Waals surface area contributed by atoms with Gasteiger partial charge in [0.25, 0.3) is 0 Å². The van der Waals surface area contributed by atoms with Crippen LogP contribution in [0.25, 0.3) is 0 Å². The highest BCUT2D eigenvalue weighted by molar-refractivity contribution is 7.10. The first-order chi connectivity index (χ1) is 8.72. The van der Waals surface area contributed by atoms with E-state index in [-0.39, 0.29) is 0 Å². The number of rotatable bonds is 6. The molecule has 2 atom stereocenters. The Morgan fingerprint density at radius 3 is 2.78 bits per heavy atom. The number of aryl methyl sites for hydroxylation is 1.